The number of nitrogens with zero attached hydrogens (tertiary/aromatic N) is 1. The van der Waals surface area contributed by atoms with Crippen LogP contribution in [0.1, 0.15) is 11.1 Å². The lowest BCUT2D eigenvalue weighted by Gasteiger charge is -2.11. The number of rotatable bonds is 5. The first-order valence-corrected chi connectivity index (χ1v) is 7.18. The highest BCUT2D eigenvalue weighted by atomic mass is 16.5. The van der Waals surface area contributed by atoms with Gasteiger partial charge in [0.05, 0.1) is 0 Å². The molecule has 1 heterocycles. The first kappa shape index (κ1) is 17.2. The van der Waals surface area contributed by atoms with Crippen LogP contribution in [0.2, 0.25) is 0 Å². The standard InChI is InChI=1S/C16H17N3O5/c1-10-4-3-5-11(2)15(10)17-13(21)9-24-14(22)8-19-7-6-12(20)18-16(19)23/h3-7H,8-9H2,1-2H3,(H,17,21)(H,18,20,23). The molecule has 0 fully saturated rings. The van der Waals surface area contributed by atoms with Gasteiger partial charge in [-0.3, -0.25) is 23.9 Å². The molecule has 0 saturated carbocycles. The molecule has 0 unspecified atom stereocenters. The van der Waals surface area contributed by atoms with E-state index in [0.717, 1.165) is 21.8 Å². The number of nitrogens with one attached hydrogen (secondary N) is 2. The predicted octanol–water partition coefficient (Wildman–Crippen LogP) is 0.335. The summed E-state index contributed by atoms with van der Waals surface area (Å²) in [6.07, 6.45) is 1.18. The average Bonchev–Trinajstić information content (AvgIpc) is 2.52. The number of amides is 1. The lowest BCUT2D eigenvalue weighted by atomic mass is 10.1. The van der Waals surface area contributed by atoms with Crippen molar-refractivity contribution in [3.05, 3.63) is 62.4 Å². The zero-order chi connectivity index (χ0) is 17.7. The van der Waals surface area contributed by atoms with E-state index in [-0.39, 0.29) is 0 Å². The van der Waals surface area contributed by atoms with Gasteiger partial charge in [-0.2, -0.15) is 0 Å². The molecule has 0 aliphatic rings. The Labute approximate surface area is 137 Å². The van der Waals surface area contributed by atoms with E-state index in [4.69, 9.17) is 4.74 Å². The third-order valence-corrected chi connectivity index (χ3v) is 3.31. The van der Waals surface area contributed by atoms with E-state index in [2.05, 4.69) is 5.32 Å². The number of para-hydroxylation sites is 1. The highest BCUT2D eigenvalue weighted by molar-refractivity contribution is 5.94. The Morgan fingerprint density at radius 3 is 2.46 bits per heavy atom. The van der Waals surface area contributed by atoms with Crippen LogP contribution in [0.4, 0.5) is 5.69 Å². The van der Waals surface area contributed by atoms with Gasteiger partial charge >= 0.3 is 11.7 Å². The lowest BCUT2D eigenvalue weighted by Crippen LogP contribution is -2.32. The van der Waals surface area contributed by atoms with Gasteiger partial charge in [-0.25, -0.2) is 4.79 Å². The van der Waals surface area contributed by atoms with Gasteiger partial charge < -0.3 is 10.1 Å². The van der Waals surface area contributed by atoms with Crippen LogP contribution in [0.15, 0.2) is 40.1 Å². The predicted molar refractivity (Wildman–Crippen MR) is 86.8 cm³/mol. The molecule has 126 valence electrons. The van der Waals surface area contributed by atoms with Crippen LogP contribution in [0, 0.1) is 13.8 Å². The number of aryl methyl sites for hydroxylation is 2. The molecule has 0 atom stereocenters. The highest BCUT2D eigenvalue weighted by Gasteiger charge is 2.11. The van der Waals surface area contributed by atoms with Crippen LogP contribution < -0.4 is 16.6 Å². The van der Waals surface area contributed by atoms with Crippen molar-refractivity contribution in [1.29, 1.82) is 0 Å². The maximum atomic E-state index is 11.9. The van der Waals surface area contributed by atoms with Crippen molar-refractivity contribution in [2.24, 2.45) is 0 Å². The smallest absolute Gasteiger partial charge is 0.328 e. The quantitative estimate of drug-likeness (QED) is 0.768. The first-order chi connectivity index (χ1) is 11.4. The molecule has 0 bridgehead atoms. The normalized spacial score (nSPS) is 10.2. The van der Waals surface area contributed by atoms with Crippen molar-refractivity contribution in [3.8, 4) is 0 Å². The molecular formula is C16H17N3O5. The van der Waals surface area contributed by atoms with Crippen LogP contribution in [0.25, 0.3) is 0 Å². The Morgan fingerprint density at radius 2 is 1.83 bits per heavy atom. The number of benzene rings is 1. The summed E-state index contributed by atoms with van der Waals surface area (Å²) in [5.74, 6) is -1.24. The van der Waals surface area contributed by atoms with Gasteiger partial charge in [0.1, 0.15) is 6.54 Å². The summed E-state index contributed by atoms with van der Waals surface area (Å²) in [7, 11) is 0. The Balaban J connectivity index is 1.90. The van der Waals surface area contributed by atoms with E-state index in [1.54, 1.807) is 0 Å². The maximum Gasteiger partial charge on any atom is 0.328 e. The van der Waals surface area contributed by atoms with Crippen molar-refractivity contribution in [1.82, 2.24) is 9.55 Å². The fraction of sp³-hybridized carbons (Fsp3) is 0.250. The van der Waals surface area contributed by atoms with Crippen LogP contribution in [-0.2, 0) is 20.9 Å². The molecule has 2 N–H and O–H groups in total. The Hall–Kier alpha value is -3.16. The Morgan fingerprint density at radius 1 is 1.17 bits per heavy atom. The second-order valence-electron chi connectivity index (χ2n) is 5.21. The summed E-state index contributed by atoms with van der Waals surface area (Å²) in [5, 5.41) is 2.68. The van der Waals surface area contributed by atoms with Gasteiger partial charge in [0.2, 0.25) is 0 Å². The number of esters is 1. The Kier molecular flexibility index (Phi) is 5.31. The second kappa shape index (κ2) is 7.40. The van der Waals surface area contributed by atoms with E-state index in [1.807, 2.05) is 37.0 Å². The zero-order valence-corrected chi connectivity index (χ0v) is 13.3. The molecule has 8 nitrogen and oxygen atoms in total. The van der Waals surface area contributed by atoms with Crippen molar-refractivity contribution in [2.45, 2.75) is 20.4 Å². The van der Waals surface area contributed by atoms with Gasteiger partial charge in [0.15, 0.2) is 6.61 Å². The van der Waals surface area contributed by atoms with E-state index in [1.165, 1.54) is 6.20 Å². The third kappa shape index (κ3) is 4.42. The molecule has 1 aromatic heterocycles. The summed E-state index contributed by atoms with van der Waals surface area (Å²) < 4.78 is 5.82. The molecule has 0 radical (unpaired) electrons. The van der Waals surface area contributed by atoms with Gasteiger partial charge in [-0.1, -0.05) is 18.2 Å². The highest BCUT2D eigenvalue weighted by Crippen LogP contribution is 2.19. The minimum absolute atomic E-state index is 0.397. The van der Waals surface area contributed by atoms with Crippen LogP contribution in [0.5, 0.6) is 0 Å². The molecule has 1 amide bonds. The van der Waals surface area contributed by atoms with Crippen LogP contribution in [-0.4, -0.2) is 28.0 Å². The third-order valence-electron chi connectivity index (χ3n) is 3.31. The molecular weight excluding hydrogens is 314 g/mol. The number of H-pyrrole nitrogens is 1. The van der Waals surface area contributed by atoms with Gasteiger partial charge in [-0.15, -0.1) is 0 Å². The molecule has 2 aromatic rings. The molecule has 24 heavy (non-hydrogen) atoms. The fourth-order valence-electron chi connectivity index (χ4n) is 2.09. The van der Waals surface area contributed by atoms with E-state index < -0.39 is 36.3 Å². The summed E-state index contributed by atoms with van der Waals surface area (Å²) in [6.45, 7) is 2.85. The van der Waals surface area contributed by atoms with Gasteiger partial charge in [0.25, 0.3) is 11.5 Å². The van der Waals surface area contributed by atoms with Crippen molar-refractivity contribution < 1.29 is 14.3 Å². The molecule has 0 aliphatic heterocycles. The molecule has 1 aromatic carbocycles. The van der Waals surface area contributed by atoms with Crippen molar-refractivity contribution in [3.63, 3.8) is 0 Å². The number of anilines is 1. The summed E-state index contributed by atoms with van der Waals surface area (Å²) in [5.41, 5.74) is 1.19. The number of aromatic amines is 1. The van der Waals surface area contributed by atoms with Crippen molar-refractivity contribution in [2.75, 3.05) is 11.9 Å². The number of carbonyl (C=O) groups is 2. The van der Waals surface area contributed by atoms with Crippen LogP contribution >= 0.6 is 0 Å². The number of hydrogen-bond donors (Lipinski definition) is 2. The molecule has 0 aliphatic carbocycles. The Bertz CT molecular complexity index is 862. The molecule has 8 heteroatoms. The van der Waals surface area contributed by atoms with E-state index in [9.17, 15) is 19.2 Å². The van der Waals surface area contributed by atoms with Gasteiger partial charge in [0, 0.05) is 18.0 Å². The topological polar surface area (TPSA) is 110 Å². The molecule has 0 saturated heterocycles. The fourth-order valence-corrected chi connectivity index (χ4v) is 2.09. The maximum absolute atomic E-state index is 11.9. The summed E-state index contributed by atoms with van der Waals surface area (Å²) in [6, 6.07) is 6.71. The number of ether oxygens (including phenoxy) is 1. The second-order valence-corrected chi connectivity index (χ2v) is 5.21. The van der Waals surface area contributed by atoms with E-state index >= 15 is 0 Å². The first-order valence-electron chi connectivity index (χ1n) is 7.18. The lowest BCUT2D eigenvalue weighted by molar-refractivity contribution is -0.148. The zero-order valence-electron chi connectivity index (χ0n) is 13.3. The monoisotopic (exact) mass is 331 g/mol. The molecule has 2 rings (SSSR count). The minimum Gasteiger partial charge on any atom is -0.454 e. The van der Waals surface area contributed by atoms with E-state index in [0.29, 0.717) is 5.69 Å². The summed E-state index contributed by atoms with van der Waals surface area (Å²) >= 11 is 0. The minimum atomic E-state index is -0.763. The number of carbonyl (C=O) groups excluding carboxylic acids is 2. The largest absolute Gasteiger partial charge is 0.454 e. The number of hydrogen-bond acceptors (Lipinski definition) is 5. The van der Waals surface area contributed by atoms with Gasteiger partial charge in [-0.05, 0) is 25.0 Å². The summed E-state index contributed by atoms with van der Waals surface area (Å²) in [4.78, 5) is 48.0. The molecule has 0 spiro atoms. The SMILES string of the molecule is Cc1cccc(C)c1NC(=O)COC(=O)Cn1ccc(=O)[nH]c1=O. The average molecular weight is 331 g/mol. The van der Waals surface area contributed by atoms with Crippen molar-refractivity contribution >= 4 is 17.6 Å². The number of aromatic nitrogens is 2. The van der Waals surface area contributed by atoms with Crippen LogP contribution in [0.3, 0.4) is 0 Å².